The lowest BCUT2D eigenvalue weighted by molar-refractivity contribution is 0.146. The van der Waals surface area contributed by atoms with Gasteiger partial charge in [0.2, 0.25) is 0 Å². The Morgan fingerprint density at radius 2 is 1.85 bits per heavy atom. The Labute approximate surface area is 126 Å². The lowest BCUT2D eigenvalue weighted by Crippen LogP contribution is -2.48. The molecule has 1 N–H and O–H groups in total. The molecule has 2 aliphatic rings. The van der Waals surface area contributed by atoms with Crippen LogP contribution >= 0.6 is 0 Å². The van der Waals surface area contributed by atoms with Crippen LogP contribution in [0.2, 0.25) is 0 Å². The highest BCUT2D eigenvalue weighted by atomic mass is 15.2. The molecule has 0 amide bonds. The summed E-state index contributed by atoms with van der Waals surface area (Å²) in [4.78, 5) is 5.31. The van der Waals surface area contributed by atoms with Crippen molar-refractivity contribution in [1.82, 2.24) is 15.1 Å². The predicted octanol–water partition coefficient (Wildman–Crippen LogP) is 2.57. The number of likely N-dealkylation sites (tertiary alicyclic amines) is 2. The molecule has 0 aromatic rings. The summed E-state index contributed by atoms with van der Waals surface area (Å²) in [7, 11) is 0. The number of nitrogens with one attached hydrogen (secondary N) is 1. The van der Waals surface area contributed by atoms with Crippen molar-refractivity contribution >= 4 is 0 Å². The highest BCUT2D eigenvalue weighted by Gasteiger charge is 2.25. The first kappa shape index (κ1) is 16.3. The zero-order valence-corrected chi connectivity index (χ0v) is 13.9. The Morgan fingerprint density at radius 1 is 1.10 bits per heavy atom. The van der Waals surface area contributed by atoms with E-state index in [0.29, 0.717) is 12.1 Å². The second-order valence-corrected chi connectivity index (χ2v) is 6.99. The predicted molar refractivity (Wildman–Crippen MR) is 87.2 cm³/mol. The third kappa shape index (κ3) is 4.71. The molecule has 0 saturated carbocycles. The van der Waals surface area contributed by atoms with Crippen LogP contribution in [-0.4, -0.2) is 61.2 Å². The van der Waals surface area contributed by atoms with Gasteiger partial charge in [-0.05, 0) is 78.0 Å². The highest BCUT2D eigenvalue weighted by molar-refractivity contribution is 4.82. The molecule has 2 saturated heterocycles. The van der Waals surface area contributed by atoms with Crippen molar-refractivity contribution in [2.24, 2.45) is 5.92 Å². The van der Waals surface area contributed by atoms with Crippen molar-refractivity contribution in [3.05, 3.63) is 0 Å². The van der Waals surface area contributed by atoms with Crippen LogP contribution in [0.1, 0.15) is 52.9 Å². The number of hydrogen-bond donors (Lipinski definition) is 1. The molecule has 3 unspecified atom stereocenters. The van der Waals surface area contributed by atoms with E-state index in [0.717, 1.165) is 12.5 Å². The molecule has 0 radical (unpaired) electrons. The van der Waals surface area contributed by atoms with Gasteiger partial charge in [-0.2, -0.15) is 0 Å². The molecule has 0 spiro atoms. The van der Waals surface area contributed by atoms with Crippen LogP contribution < -0.4 is 5.32 Å². The summed E-state index contributed by atoms with van der Waals surface area (Å²) in [5, 5.41) is 3.82. The fourth-order valence-corrected chi connectivity index (χ4v) is 3.85. The normalized spacial score (nSPS) is 28.6. The number of piperidine rings is 1. The molecule has 3 heteroatoms. The van der Waals surface area contributed by atoms with Gasteiger partial charge in [-0.1, -0.05) is 6.92 Å². The van der Waals surface area contributed by atoms with Gasteiger partial charge in [0, 0.05) is 25.2 Å². The van der Waals surface area contributed by atoms with E-state index in [1.54, 1.807) is 0 Å². The van der Waals surface area contributed by atoms with Crippen molar-refractivity contribution in [2.45, 2.75) is 65.0 Å². The van der Waals surface area contributed by atoms with Crippen LogP contribution in [0.25, 0.3) is 0 Å². The zero-order chi connectivity index (χ0) is 14.4. The molecule has 20 heavy (non-hydrogen) atoms. The first-order valence-corrected chi connectivity index (χ1v) is 8.90. The maximum absolute atomic E-state index is 3.82. The van der Waals surface area contributed by atoms with Gasteiger partial charge >= 0.3 is 0 Å². The van der Waals surface area contributed by atoms with Crippen LogP contribution in [-0.2, 0) is 0 Å². The molecular formula is C17H35N3. The van der Waals surface area contributed by atoms with Gasteiger partial charge in [0.15, 0.2) is 0 Å². The Kier molecular flexibility index (Phi) is 6.79. The Morgan fingerprint density at radius 3 is 2.55 bits per heavy atom. The third-order valence-corrected chi connectivity index (χ3v) is 5.29. The van der Waals surface area contributed by atoms with Crippen LogP contribution in [0.4, 0.5) is 0 Å². The summed E-state index contributed by atoms with van der Waals surface area (Å²) < 4.78 is 0. The van der Waals surface area contributed by atoms with Crippen LogP contribution in [0.15, 0.2) is 0 Å². The SMILES string of the molecule is CCCN1CCCC(C(C)NCC(C)N2CCCC2)C1. The summed E-state index contributed by atoms with van der Waals surface area (Å²) in [5.41, 5.74) is 0. The van der Waals surface area contributed by atoms with Gasteiger partial charge < -0.3 is 10.2 Å². The Hall–Kier alpha value is -0.120. The van der Waals surface area contributed by atoms with Gasteiger partial charge in [-0.25, -0.2) is 0 Å². The molecule has 3 atom stereocenters. The van der Waals surface area contributed by atoms with E-state index < -0.39 is 0 Å². The summed E-state index contributed by atoms with van der Waals surface area (Å²) in [6.45, 7) is 14.8. The highest BCUT2D eigenvalue weighted by Crippen LogP contribution is 2.20. The van der Waals surface area contributed by atoms with E-state index in [1.807, 2.05) is 0 Å². The molecule has 2 aliphatic heterocycles. The van der Waals surface area contributed by atoms with Crippen molar-refractivity contribution in [3.8, 4) is 0 Å². The van der Waals surface area contributed by atoms with E-state index >= 15 is 0 Å². The lowest BCUT2D eigenvalue weighted by Gasteiger charge is -2.36. The van der Waals surface area contributed by atoms with Crippen molar-refractivity contribution < 1.29 is 0 Å². The number of rotatable bonds is 7. The van der Waals surface area contributed by atoms with Crippen molar-refractivity contribution in [1.29, 1.82) is 0 Å². The maximum atomic E-state index is 3.82. The molecular weight excluding hydrogens is 246 g/mol. The lowest BCUT2D eigenvalue weighted by atomic mass is 9.91. The second-order valence-electron chi connectivity index (χ2n) is 6.99. The molecule has 0 aromatic carbocycles. The second kappa shape index (κ2) is 8.35. The summed E-state index contributed by atoms with van der Waals surface area (Å²) in [6, 6.07) is 1.37. The quantitative estimate of drug-likeness (QED) is 0.774. The van der Waals surface area contributed by atoms with E-state index in [-0.39, 0.29) is 0 Å². The number of hydrogen-bond acceptors (Lipinski definition) is 3. The fraction of sp³-hybridized carbons (Fsp3) is 1.00. The molecule has 0 aromatic heterocycles. The van der Waals surface area contributed by atoms with Crippen molar-refractivity contribution in [2.75, 3.05) is 39.3 Å². The molecule has 0 aliphatic carbocycles. The van der Waals surface area contributed by atoms with Gasteiger partial charge in [0.05, 0.1) is 0 Å². The van der Waals surface area contributed by atoms with Crippen molar-refractivity contribution in [3.63, 3.8) is 0 Å². The molecule has 2 rings (SSSR count). The Bertz CT molecular complexity index is 261. The Balaban J connectivity index is 1.69. The minimum absolute atomic E-state index is 0.666. The van der Waals surface area contributed by atoms with Gasteiger partial charge in [0.1, 0.15) is 0 Å². The van der Waals surface area contributed by atoms with Crippen LogP contribution in [0.3, 0.4) is 0 Å². The summed E-state index contributed by atoms with van der Waals surface area (Å²) in [5.74, 6) is 0.848. The third-order valence-electron chi connectivity index (χ3n) is 5.29. The van der Waals surface area contributed by atoms with Crippen LogP contribution in [0.5, 0.6) is 0 Å². The maximum Gasteiger partial charge on any atom is 0.0192 e. The first-order chi connectivity index (χ1) is 9.70. The van der Waals surface area contributed by atoms with Gasteiger partial charge in [-0.3, -0.25) is 4.90 Å². The topological polar surface area (TPSA) is 18.5 Å². The fourth-order valence-electron chi connectivity index (χ4n) is 3.85. The molecule has 0 bridgehead atoms. The van der Waals surface area contributed by atoms with E-state index in [9.17, 15) is 0 Å². The standard InChI is InChI=1S/C17H35N3/c1-4-9-19-10-7-8-17(14-19)16(3)18-13-15(2)20-11-5-6-12-20/h15-18H,4-14H2,1-3H3. The smallest absolute Gasteiger partial charge is 0.0192 e. The van der Waals surface area contributed by atoms with E-state index in [4.69, 9.17) is 0 Å². The largest absolute Gasteiger partial charge is 0.312 e. The minimum atomic E-state index is 0.666. The molecule has 118 valence electrons. The number of nitrogens with zero attached hydrogens (tertiary/aromatic N) is 2. The molecule has 2 heterocycles. The molecule has 2 fully saturated rings. The zero-order valence-electron chi connectivity index (χ0n) is 13.9. The summed E-state index contributed by atoms with van der Waals surface area (Å²) >= 11 is 0. The first-order valence-electron chi connectivity index (χ1n) is 8.90. The van der Waals surface area contributed by atoms with Gasteiger partial charge in [0.25, 0.3) is 0 Å². The van der Waals surface area contributed by atoms with E-state index in [2.05, 4.69) is 35.9 Å². The van der Waals surface area contributed by atoms with E-state index in [1.165, 1.54) is 64.8 Å². The van der Waals surface area contributed by atoms with Crippen LogP contribution in [0, 0.1) is 5.92 Å². The minimum Gasteiger partial charge on any atom is -0.312 e. The average Bonchev–Trinajstić information content (AvgIpc) is 2.99. The molecule has 3 nitrogen and oxygen atoms in total. The summed E-state index contributed by atoms with van der Waals surface area (Å²) in [6.07, 6.45) is 6.88. The monoisotopic (exact) mass is 281 g/mol. The van der Waals surface area contributed by atoms with Gasteiger partial charge in [-0.15, -0.1) is 0 Å². The average molecular weight is 281 g/mol.